The average molecular weight is 335 g/mol. The van der Waals surface area contributed by atoms with Crippen LogP contribution in [0.1, 0.15) is 6.42 Å². The topological polar surface area (TPSA) is 67.7 Å². The van der Waals surface area contributed by atoms with Gasteiger partial charge in [-0.25, -0.2) is 8.42 Å². The molecule has 2 aliphatic rings. The number of ether oxygens (including phenoxy) is 1. The first kappa shape index (κ1) is 15.2. The van der Waals surface area contributed by atoms with Crippen molar-refractivity contribution in [3.05, 3.63) is 11.2 Å². The van der Waals surface area contributed by atoms with Gasteiger partial charge in [-0.1, -0.05) is 11.6 Å². The van der Waals surface area contributed by atoms with Crippen molar-refractivity contribution in [2.75, 3.05) is 33.3 Å². The number of morpholine rings is 1. The largest absolute Gasteiger partial charge is 0.375 e. The lowest BCUT2D eigenvalue weighted by Crippen LogP contribution is -2.60. The lowest BCUT2D eigenvalue weighted by Gasteiger charge is -2.45. The van der Waals surface area contributed by atoms with E-state index in [-0.39, 0.29) is 22.2 Å². The van der Waals surface area contributed by atoms with Gasteiger partial charge in [-0.2, -0.15) is 9.40 Å². The van der Waals surface area contributed by atoms with Gasteiger partial charge in [-0.3, -0.25) is 4.68 Å². The summed E-state index contributed by atoms with van der Waals surface area (Å²) in [4.78, 5) is 2.13. The van der Waals surface area contributed by atoms with E-state index in [2.05, 4.69) is 10.00 Å². The first-order chi connectivity index (χ1) is 9.91. The number of nitrogens with zero attached hydrogens (tertiary/aromatic N) is 4. The molecule has 3 rings (SSSR count). The molecule has 21 heavy (non-hydrogen) atoms. The molecule has 3 heterocycles. The van der Waals surface area contributed by atoms with Gasteiger partial charge < -0.3 is 9.64 Å². The van der Waals surface area contributed by atoms with Gasteiger partial charge in [0.15, 0.2) is 5.03 Å². The number of hydrogen-bond donors (Lipinski definition) is 0. The first-order valence-corrected chi connectivity index (χ1v) is 8.72. The number of aromatic nitrogens is 2. The predicted molar refractivity (Wildman–Crippen MR) is 77.8 cm³/mol. The number of likely N-dealkylation sites (N-methyl/N-ethyl adjacent to an activating group) is 1. The third-order valence-electron chi connectivity index (χ3n) is 4.13. The monoisotopic (exact) mass is 334 g/mol. The Balaban J connectivity index is 1.97. The highest BCUT2D eigenvalue weighted by molar-refractivity contribution is 7.89. The third-order valence-corrected chi connectivity index (χ3v) is 6.56. The van der Waals surface area contributed by atoms with E-state index in [4.69, 9.17) is 16.3 Å². The maximum absolute atomic E-state index is 13.0. The van der Waals surface area contributed by atoms with Crippen molar-refractivity contribution in [2.24, 2.45) is 7.05 Å². The first-order valence-electron chi connectivity index (χ1n) is 6.91. The Morgan fingerprint density at radius 2 is 2.14 bits per heavy atom. The van der Waals surface area contributed by atoms with Crippen molar-refractivity contribution in [2.45, 2.75) is 23.6 Å². The van der Waals surface area contributed by atoms with Gasteiger partial charge in [-0.05, 0) is 13.5 Å². The van der Waals surface area contributed by atoms with Gasteiger partial charge in [0.2, 0.25) is 0 Å². The molecule has 0 N–H and O–H groups in total. The van der Waals surface area contributed by atoms with Crippen LogP contribution in [0, 0.1) is 0 Å². The highest BCUT2D eigenvalue weighted by Crippen LogP contribution is 2.30. The molecule has 118 valence electrons. The highest BCUT2D eigenvalue weighted by Gasteiger charge is 2.43. The molecule has 0 bridgehead atoms. The molecule has 0 radical (unpaired) electrons. The Kier molecular flexibility index (Phi) is 4.00. The molecule has 0 aromatic carbocycles. The molecule has 2 atom stereocenters. The van der Waals surface area contributed by atoms with Crippen LogP contribution in [0.4, 0.5) is 0 Å². The molecule has 0 saturated carbocycles. The van der Waals surface area contributed by atoms with Crippen molar-refractivity contribution in [1.29, 1.82) is 0 Å². The molecular formula is C12H19ClN4O3S. The van der Waals surface area contributed by atoms with Gasteiger partial charge in [0.05, 0.1) is 30.0 Å². The standard InChI is InChI=1S/C12H19ClN4O3S/c1-15-4-3-11-10(8-15)17(5-6-20-11)21(18,19)12-9(13)7-14-16(12)2/h7,10-11H,3-6,8H2,1-2H3/t10-,11-/m0/s1. The molecule has 2 fully saturated rings. The Hall–Kier alpha value is -0.670. The lowest BCUT2D eigenvalue weighted by atomic mass is 10.0. The van der Waals surface area contributed by atoms with Crippen LogP contribution < -0.4 is 0 Å². The lowest BCUT2D eigenvalue weighted by molar-refractivity contribution is -0.0720. The summed E-state index contributed by atoms with van der Waals surface area (Å²) in [7, 11) is -0.0990. The highest BCUT2D eigenvalue weighted by atomic mass is 35.5. The Labute approximate surface area is 129 Å². The summed E-state index contributed by atoms with van der Waals surface area (Å²) >= 11 is 6.02. The van der Waals surface area contributed by atoms with E-state index in [0.29, 0.717) is 19.7 Å². The number of aryl methyl sites for hydroxylation is 1. The Bertz CT molecular complexity index is 613. The second-order valence-electron chi connectivity index (χ2n) is 5.56. The summed E-state index contributed by atoms with van der Waals surface area (Å²) in [6, 6.07) is -0.173. The van der Waals surface area contributed by atoms with Crippen LogP contribution in [0.5, 0.6) is 0 Å². The van der Waals surface area contributed by atoms with Crippen LogP contribution in [0.3, 0.4) is 0 Å². The van der Waals surface area contributed by atoms with E-state index in [1.807, 2.05) is 7.05 Å². The molecular weight excluding hydrogens is 316 g/mol. The summed E-state index contributed by atoms with van der Waals surface area (Å²) in [5.74, 6) is 0. The molecule has 1 aromatic heterocycles. The summed E-state index contributed by atoms with van der Waals surface area (Å²) in [6.07, 6.45) is 2.16. The van der Waals surface area contributed by atoms with Gasteiger partial charge in [0.1, 0.15) is 0 Å². The molecule has 0 aliphatic carbocycles. The van der Waals surface area contributed by atoms with Crippen LogP contribution in [0.15, 0.2) is 11.2 Å². The fourth-order valence-corrected chi connectivity index (χ4v) is 5.33. The molecule has 9 heteroatoms. The summed E-state index contributed by atoms with van der Waals surface area (Å²) in [6.45, 7) is 2.35. The van der Waals surface area contributed by atoms with E-state index in [1.165, 1.54) is 15.2 Å². The Morgan fingerprint density at radius 3 is 2.81 bits per heavy atom. The van der Waals surface area contributed by atoms with Crippen LogP contribution in [-0.2, 0) is 21.8 Å². The third kappa shape index (κ3) is 2.59. The van der Waals surface area contributed by atoms with Crippen molar-refractivity contribution in [1.82, 2.24) is 19.0 Å². The van der Waals surface area contributed by atoms with E-state index in [0.717, 1.165) is 13.0 Å². The van der Waals surface area contributed by atoms with E-state index in [1.54, 1.807) is 7.05 Å². The van der Waals surface area contributed by atoms with Crippen LogP contribution in [0.25, 0.3) is 0 Å². The minimum Gasteiger partial charge on any atom is -0.375 e. The zero-order valence-electron chi connectivity index (χ0n) is 12.1. The predicted octanol–water partition coefficient (Wildman–Crippen LogP) is 0.167. The minimum absolute atomic E-state index is 0.0447. The second-order valence-corrected chi connectivity index (χ2v) is 7.78. The maximum atomic E-state index is 13.0. The molecule has 0 amide bonds. The zero-order chi connectivity index (χ0) is 15.2. The van der Waals surface area contributed by atoms with Crippen molar-refractivity contribution >= 4 is 21.6 Å². The normalized spacial score (nSPS) is 28.5. The fraction of sp³-hybridized carbons (Fsp3) is 0.750. The number of hydrogen-bond acceptors (Lipinski definition) is 5. The van der Waals surface area contributed by atoms with Crippen molar-refractivity contribution < 1.29 is 13.2 Å². The second kappa shape index (κ2) is 5.51. The average Bonchev–Trinajstić information content (AvgIpc) is 2.77. The van der Waals surface area contributed by atoms with Gasteiger partial charge in [0.25, 0.3) is 10.0 Å². The van der Waals surface area contributed by atoms with Crippen molar-refractivity contribution in [3.8, 4) is 0 Å². The minimum atomic E-state index is -3.68. The quantitative estimate of drug-likeness (QED) is 0.771. The zero-order valence-corrected chi connectivity index (χ0v) is 13.6. The smallest absolute Gasteiger partial charge is 0.262 e. The number of sulfonamides is 1. The van der Waals surface area contributed by atoms with Crippen LogP contribution in [0.2, 0.25) is 5.02 Å². The number of likely N-dealkylation sites (tertiary alicyclic amines) is 1. The molecule has 7 nitrogen and oxygen atoms in total. The summed E-state index contributed by atoms with van der Waals surface area (Å²) in [5, 5.41) is 4.14. The van der Waals surface area contributed by atoms with Gasteiger partial charge in [-0.15, -0.1) is 0 Å². The molecule has 1 aromatic rings. The maximum Gasteiger partial charge on any atom is 0.262 e. The van der Waals surface area contributed by atoms with Crippen LogP contribution in [-0.4, -0.2) is 72.8 Å². The van der Waals surface area contributed by atoms with Gasteiger partial charge in [0, 0.05) is 26.7 Å². The summed E-state index contributed by atoms with van der Waals surface area (Å²) < 4.78 is 34.5. The van der Waals surface area contributed by atoms with Gasteiger partial charge >= 0.3 is 0 Å². The van der Waals surface area contributed by atoms with E-state index in [9.17, 15) is 8.42 Å². The number of halogens is 1. The Morgan fingerprint density at radius 1 is 1.38 bits per heavy atom. The van der Waals surface area contributed by atoms with E-state index < -0.39 is 10.0 Å². The molecule has 0 unspecified atom stereocenters. The van der Waals surface area contributed by atoms with E-state index >= 15 is 0 Å². The molecule has 2 saturated heterocycles. The van der Waals surface area contributed by atoms with Crippen LogP contribution >= 0.6 is 11.6 Å². The number of piperidine rings is 1. The molecule has 2 aliphatic heterocycles. The SMILES string of the molecule is CN1CC[C@@H]2OCCN(S(=O)(=O)c3c(Cl)cnn3C)[C@H]2C1. The number of fused-ring (bicyclic) bond motifs is 1. The van der Waals surface area contributed by atoms with Crippen molar-refractivity contribution in [3.63, 3.8) is 0 Å². The summed E-state index contributed by atoms with van der Waals surface area (Å²) in [5.41, 5.74) is 0. The molecule has 0 spiro atoms. The number of rotatable bonds is 2. The fourth-order valence-electron chi connectivity index (χ4n) is 3.10.